The molecule has 0 aliphatic rings. The van der Waals surface area contributed by atoms with Crippen LogP contribution in [0.4, 0.5) is 5.69 Å². The molecule has 0 atom stereocenters. The number of benzene rings is 2. The zero-order chi connectivity index (χ0) is 14.7. The number of rotatable bonds is 4. The van der Waals surface area contributed by atoms with Gasteiger partial charge in [0.1, 0.15) is 5.75 Å². The van der Waals surface area contributed by atoms with Crippen LogP contribution in [-0.4, -0.2) is 12.5 Å². The summed E-state index contributed by atoms with van der Waals surface area (Å²) in [5.74, 6) is 0.536. The second kappa shape index (κ2) is 5.97. The van der Waals surface area contributed by atoms with Crippen molar-refractivity contribution in [2.24, 2.45) is 0 Å². The van der Waals surface area contributed by atoms with Crippen LogP contribution in [0.3, 0.4) is 0 Å². The lowest BCUT2D eigenvalue weighted by molar-refractivity contribution is -0.118. The monoisotopic (exact) mass is 297 g/mol. The molecular formula is C17H15NO2S. The zero-order valence-electron chi connectivity index (χ0n) is 11.6. The lowest BCUT2D eigenvalue weighted by Crippen LogP contribution is -2.20. The van der Waals surface area contributed by atoms with Crippen LogP contribution in [0.25, 0.3) is 10.1 Å². The summed E-state index contributed by atoms with van der Waals surface area (Å²) < 4.78 is 6.67. The van der Waals surface area contributed by atoms with Gasteiger partial charge in [-0.05, 0) is 54.1 Å². The molecule has 0 spiro atoms. The SMILES string of the molecule is Cc1ccc(OCC(=O)Nc2ccc3sccc3c2)cc1. The van der Waals surface area contributed by atoms with Gasteiger partial charge in [0.05, 0.1) is 0 Å². The Hall–Kier alpha value is -2.33. The molecule has 3 rings (SSSR count). The molecule has 0 unspecified atom stereocenters. The van der Waals surface area contributed by atoms with Crippen LogP contribution in [0.5, 0.6) is 5.75 Å². The molecule has 4 heteroatoms. The minimum atomic E-state index is -0.162. The highest BCUT2D eigenvalue weighted by atomic mass is 32.1. The van der Waals surface area contributed by atoms with Crippen LogP contribution in [0.15, 0.2) is 53.9 Å². The molecule has 21 heavy (non-hydrogen) atoms. The summed E-state index contributed by atoms with van der Waals surface area (Å²) in [5, 5.41) is 6.02. The highest BCUT2D eigenvalue weighted by molar-refractivity contribution is 7.17. The molecule has 0 aliphatic carbocycles. The number of thiophene rings is 1. The van der Waals surface area contributed by atoms with Crippen molar-refractivity contribution in [1.82, 2.24) is 0 Å². The second-order valence-corrected chi connectivity index (χ2v) is 5.77. The maximum atomic E-state index is 11.9. The summed E-state index contributed by atoms with van der Waals surface area (Å²) in [6, 6.07) is 15.6. The Labute approximate surface area is 127 Å². The Bertz CT molecular complexity index is 762. The van der Waals surface area contributed by atoms with Crippen molar-refractivity contribution in [3.8, 4) is 5.75 Å². The van der Waals surface area contributed by atoms with E-state index in [2.05, 4.69) is 5.32 Å². The van der Waals surface area contributed by atoms with Crippen LogP contribution < -0.4 is 10.1 Å². The molecule has 0 radical (unpaired) electrons. The number of amides is 1. The summed E-state index contributed by atoms with van der Waals surface area (Å²) in [7, 11) is 0. The van der Waals surface area contributed by atoms with Crippen LogP contribution >= 0.6 is 11.3 Å². The van der Waals surface area contributed by atoms with Crippen LogP contribution in [-0.2, 0) is 4.79 Å². The number of nitrogens with one attached hydrogen (secondary N) is 1. The molecule has 2 aromatic carbocycles. The molecule has 0 saturated carbocycles. The number of ether oxygens (including phenoxy) is 1. The van der Waals surface area contributed by atoms with Gasteiger partial charge in [0.15, 0.2) is 6.61 Å². The first-order valence-corrected chi connectivity index (χ1v) is 7.55. The van der Waals surface area contributed by atoms with E-state index in [0.717, 1.165) is 16.6 Å². The average Bonchev–Trinajstić information content (AvgIpc) is 2.94. The first-order chi connectivity index (χ1) is 10.2. The molecule has 1 aromatic heterocycles. The van der Waals surface area contributed by atoms with E-state index in [1.54, 1.807) is 11.3 Å². The molecule has 0 bridgehead atoms. The Kier molecular flexibility index (Phi) is 3.88. The standard InChI is InChI=1S/C17H15NO2S/c1-12-2-5-15(6-3-12)20-11-17(19)18-14-4-7-16-13(10-14)8-9-21-16/h2-10H,11H2,1H3,(H,18,19). The Morgan fingerprint density at radius 3 is 2.76 bits per heavy atom. The molecule has 0 aliphatic heterocycles. The van der Waals surface area contributed by atoms with Crippen molar-refractivity contribution in [1.29, 1.82) is 0 Å². The minimum Gasteiger partial charge on any atom is -0.484 e. The first-order valence-electron chi connectivity index (χ1n) is 6.67. The van der Waals surface area contributed by atoms with E-state index in [0.29, 0.717) is 5.75 Å². The summed E-state index contributed by atoms with van der Waals surface area (Å²) in [6.07, 6.45) is 0. The van der Waals surface area contributed by atoms with Gasteiger partial charge in [-0.1, -0.05) is 17.7 Å². The molecule has 3 aromatic rings. The van der Waals surface area contributed by atoms with E-state index in [1.807, 2.05) is 60.8 Å². The predicted molar refractivity (Wildman–Crippen MR) is 87.1 cm³/mol. The molecular weight excluding hydrogens is 282 g/mol. The lowest BCUT2D eigenvalue weighted by atomic mass is 10.2. The highest BCUT2D eigenvalue weighted by Gasteiger charge is 2.05. The fraction of sp³-hybridized carbons (Fsp3) is 0.118. The molecule has 0 fully saturated rings. The predicted octanol–water partition coefficient (Wildman–Crippen LogP) is 4.23. The van der Waals surface area contributed by atoms with Gasteiger partial charge in [0.2, 0.25) is 0 Å². The van der Waals surface area contributed by atoms with Crippen molar-refractivity contribution in [2.45, 2.75) is 6.92 Å². The van der Waals surface area contributed by atoms with Crippen molar-refractivity contribution < 1.29 is 9.53 Å². The molecule has 1 N–H and O–H groups in total. The number of fused-ring (bicyclic) bond motifs is 1. The van der Waals surface area contributed by atoms with Gasteiger partial charge in [0.25, 0.3) is 5.91 Å². The summed E-state index contributed by atoms with van der Waals surface area (Å²) in [6.45, 7) is 2.02. The van der Waals surface area contributed by atoms with Gasteiger partial charge in [-0.15, -0.1) is 11.3 Å². The number of aryl methyl sites for hydroxylation is 1. The van der Waals surface area contributed by atoms with Crippen molar-refractivity contribution in [2.75, 3.05) is 11.9 Å². The Morgan fingerprint density at radius 1 is 1.14 bits per heavy atom. The third-order valence-corrected chi connectivity index (χ3v) is 4.02. The van der Waals surface area contributed by atoms with E-state index in [4.69, 9.17) is 4.74 Å². The Morgan fingerprint density at radius 2 is 1.95 bits per heavy atom. The van der Waals surface area contributed by atoms with Gasteiger partial charge in [-0.2, -0.15) is 0 Å². The quantitative estimate of drug-likeness (QED) is 0.782. The number of carbonyl (C=O) groups excluding carboxylic acids is 1. The topological polar surface area (TPSA) is 38.3 Å². The molecule has 1 amide bonds. The van der Waals surface area contributed by atoms with Gasteiger partial charge < -0.3 is 10.1 Å². The fourth-order valence-corrected chi connectivity index (χ4v) is 2.80. The molecule has 3 nitrogen and oxygen atoms in total. The number of hydrogen-bond donors (Lipinski definition) is 1. The molecule has 0 saturated heterocycles. The number of hydrogen-bond acceptors (Lipinski definition) is 3. The Balaban J connectivity index is 1.59. The zero-order valence-corrected chi connectivity index (χ0v) is 12.4. The van der Waals surface area contributed by atoms with Crippen molar-refractivity contribution in [3.63, 3.8) is 0 Å². The van der Waals surface area contributed by atoms with E-state index in [9.17, 15) is 4.79 Å². The van der Waals surface area contributed by atoms with Crippen molar-refractivity contribution in [3.05, 3.63) is 59.5 Å². The van der Waals surface area contributed by atoms with Gasteiger partial charge in [-0.25, -0.2) is 0 Å². The maximum Gasteiger partial charge on any atom is 0.262 e. The van der Waals surface area contributed by atoms with E-state index in [-0.39, 0.29) is 12.5 Å². The van der Waals surface area contributed by atoms with E-state index >= 15 is 0 Å². The summed E-state index contributed by atoms with van der Waals surface area (Å²) in [5.41, 5.74) is 1.95. The second-order valence-electron chi connectivity index (χ2n) is 4.82. The average molecular weight is 297 g/mol. The van der Waals surface area contributed by atoms with Gasteiger partial charge in [0, 0.05) is 10.4 Å². The minimum absolute atomic E-state index is 0.00470. The van der Waals surface area contributed by atoms with Crippen molar-refractivity contribution >= 4 is 33.0 Å². The lowest BCUT2D eigenvalue weighted by Gasteiger charge is -2.08. The van der Waals surface area contributed by atoms with Gasteiger partial charge >= 0.3 is 0 Å². The number of anilines is 1. The highest BCUT2D eigenvalue weighted by Crippen LogP contribution is 2.23. The third-order valence-electron chi connectivity index (χ3n) is 3.13. The normalized spacial score (nSPS) is 10.5. The van der Waals surface area contributed by atoms with Crippen LogP contribution in [0, 0.1) is 6.92 Å². The maximum absolute atomic E-state index is 11.9. The summed E-state index contributed by atoms with van der Waals surface area (Å²) in [4.78, 5) is 11.9. The van der Waals surface area contributed by atoms with Crippen LogP contribution in [0.1, 0.15) is 5.56 Å². The third kappa shape index (κ3) is 3.41. The first kappa shape index (κ1) is 13.6. The fourth-order valence-electron chi connectivity index (χ4n) is 2.02. The van der Waals surface area contributed by atoms with Crippen LogP contribution in [0.2, 0.25) is 0 Å². The van der Waals surface area contributed by atoms with E-state index < -0.39 is 0 Å². The molecule has 106 valence electrons. The van der Waals surface area contributed by atoms with Gasteiger partial charge in [-0.3, -0.25) is 4.79 Å². The van der Waals surface area contributed by atoms with E-state index in [1.165, 1.54) is 4.70 Å². The smallest absolute Gasteiger partial charge is 0.262 e. The number of carbonyl (C=O) groups is 1. The largest absolute Gasteiger partial charge is 0.484 e. The molecule has 1 heterocycles. The summed E-state index contributed by atoms with van der Waals surface area (Å²) >= 11 is 1.69.